The van der Waals surface area contributed by atoms with Gasteiger partial charge in [-0.3, -0.25) is 4.79 Å². The Morgan fingerprint density at radius 1 is 1.19 bits per heavy atom. The van der Waals surface area contributed by atoms with E-state index in [0.717, 1.165) is 42.9 Å². The van der Waals surface area contributed by atoms with Crippen molar-refractivity contribution < 1.29 is 14.8 Å². The Hall–Kier alpha value is -3.63. The van der Waals surface area contributed by atoms with E-state index in [9.17, 15) is 15.2 Å². The van der Waals surface area contributed by atoms with Gasteiger partial charge < -0.3 is 19.9 Å². The standard InChI is InChI=1S/C24H25N5O2/c1-16(23(31)20(15-25)24-26-21-5-3-4-6-22(21)27-24)28-11-13-29(14-12-28)19-9-7-18(8-10-19)17(2)30/h3-10,16,31H,11-14H2,1-2H3,(H,26,27)/p+1/b23-20-/t16-/m1/s1. The van der Waals surface area contributed by atoms with E-state index in [4.69, 9.17) is 0 Å². The summed E-state index contributed by atoms with van der Waals surface area (Å²) in [6.07, 6.45) is 0. The van der Waals surface area contributed by atoms with Gasteiger partial charge in [0.2, 0.25) is 0 Å². The molecular formula is C24H26N5O2+. The minimum atomic E-state index is -0.217. The predicted octanol–water partition coefficient (Wildman–Crippen LogP) is 2.35. The molecule has 1 saturated heterocycles. The first kappa shape index (κ1) is 20.6. The second-order valence-corrected chi connectivity index (χ2v) is 7.94. The number of imidazole rings is 1. The summed E-state index contributed by atoms with van der Waals surface area (Å²) in [5.74, 6) is 0.530. The number of hydrogen-bond donors (Lipinski definition) is 3. The molecule has 158 valence electrons. The number of aromatic amines is 1. The number of rotatable bonds is 5. The lowest BCUT2D eigenvalue weighted by Crippen LogP contribution is -3.18. The van der Waals surface area contributed by atoms with Crippen molar-refractivity contribution in [2.45, 2.75) is 19.9 Å². The van der Waals surface area contributed by atoms with Gasteiger partial charge in [-0.25, -0.2) is 4.98 Å². The summed E-state index contributed by atoms with van der Waals surface area (Å²) in [5, 5.41) is 20.6. The highest BCUT2D eigenvalue weighted by molar-refractivity contribution is 5.94. The lowest BCUT2D eigenvalue weighted by Gasteiger charge is -2.36. The molecule has 0 bridgehead atoms. The maximum Gasteiger partial charge on any atom is 0.172 e. The van der Waals surface area contributed by atoms with Crippen LogP contribution < -0.4 is 9.80 Å². The Bertz CT molecular complexity index is 1130. The van der Waals surface area contributed by atoms with Crippen LogP contribution in [-0.4, -0.2) is 53.1 Å². The van der Waals surface area contributed by atoms with Crippen molar-refractivity contribution in [2.75, 3.05) is 31.1 Å². The summed E-state index contributed by atoms with van der Waals surface area (Å²) in [5.41, 5.74) is 3.60. The van der Waals surface area contributed by atoms with Gasteiger partial charge in [-0.15, -0.1) is 0 Å². The molecule has 31 heavy (non-hydrogen) atoms. The molecular weight excluding hydrogens is 390 g/mol. The molecule has 1 aromatic heterocycles. The molecule has 0 unspecified atom stereocenters. The van der Waals surface area contributed by atoms with Crippen molar-refractivity contribution in [1.29, 1.82) is 5.26 Å². The van der Waals surface area contributed by atoms with Crippen LogP contribution in [0.15, 0.2) is 54.3 Å². The van der Waals surface area contributed by atoms with Crippen LogP contribution in [0.3, 0.4) is 0 Å². The van der Waals surface area contributed by atoms with E-state index >= 15 is 0 Å². The average molecular weight is 417 g/mol. The molecule has 3 N–H and O–H groups in total. The van der Waals surface area contributed by atoms with Crippen molar-refractivity contribution in [3.8, 4) is 6.07 Å². The molecule has 2 heterocycles. The van der Waals surface area contributed by atoms with E-state index in [2.05, 4.69) is 20.9 Å². The van der Waals surface area contributed by atoms with Crippen LogP contribution >= 0.6 is 0 Å². The lowest BCUT2D eigenvalue weighted by atomic mass is 10.1. The van der Waals surface area contributed by atoms with Gasteiger partial charge in [-0.2, -0.15) is 5.26 Å². The van der Waals surface area contributed by atoms with Crippen LogP contribution in [0.4, 0.5) is 5.69 Å². The Kier molecular flexibility index (Phi) is 5.74. The van der Waals surface area contributed by atoms with E-state index < -0.39 is 0 Å². The number of para-hydroxylation sites is 2. The Morgan fingerprint density at radius 3 is 2.48 bits per heavy atom. The maximum absolute atomic E-state index is 11.5. The van der Waals surface area contributed by atoms with Gasteiger partial charge in [0.15, 0.2) is 17.4 Å². The largest absolute Gasteiger partial charge is 0.505 e. The first-order valence-corrected chi connectivity index (χ1v) is 10.5. The van der Waals surface area contributed by atoms with Crippen LogP contribution in [0.2, 0.25) is 0 Å². The summed E-state index contributed by atoms with van der Waals surface area (Å²) in [4.78, 5) is 22.6. The number of aromatic nitrogens is 2. The fraction of sp³-hybridized carbons (Fsp3) is 0.292. The molecule has 4 rings (SSSR count). The third kappa shape index (κ3) is 4.16. The van der Waals surface area contributed by atoms with Gasteiger partial charge in [0, 0.05) is 11.3 Å². The number of carbonyl (C=O) groups is 1. The number of fused-ring (bicyclic) bond motifs is 1. The molecule has 0 spiro atoms. The van der Waals surface area contributed by atoms with E-state index in [1.54, 1.807) is 6.92 Å². The van der Waals surface area contributed by atoms with E-state index in [1.807, 2.05) is 55.5 Å². The molecule has 1 aliphatic rings. The van der Waals surface area contributed by atoms with Crippen LogP contribution in [0.25, 0.3) is 16.6 Å². The highest BCUT2D eigenvalue weighted by atomic mass is 16.3. The molecule has 0 amide bonds. The number of anilines is 1. The number of nitrogens with zero attached hydrogens (tertiary/aromatic N) is 3. The molecule has 1 fully saturated rings. The number of Topliss-reactive ketones (excluding diaryl/α,β-unsaturated/α-hetero) is 1. The first-order valence-electron chi connectivity index (χ1n) is 10.5. The topological polar surface area (TPSA) is 97.5 Å². The van der Waals surface area contributed by atoms with Gasteiger partial charge in [0.05, 0.1) is 37.2 Å². The summed E-state index contributed by atoms with van der Waals surface area (Å²) < 4.78 is 0. The molecule has 0 radical (unpaired) electrons. The molecule has 0 saturated carbocycles. The number of allylic oxidation sites excluding steroid dienone is 1. The quantitative estimate of drug-likeness (QED) is 0.337. The van der Waals surface area contributed by atoms with Crippen molar-refractivity contribution in [2.24, 2.45) is 0 Å². The van der Waals surface area contributed by atoms with Gasteiger partial charge in [-0.05, 0) is 50.2 Å². The van der Waals surface area contributed by atoms with Crippen molar-refractivity contribution >= 4 is 28.1 Å². The Labute approximate surface area is 181 Å². The van der Waals surface area contributed by atoms with Crippen LogP contribution in [0.5, 0.6) is 0 Å². The lowest BCUT2D eigenvalue weighted by molar-refractivity contribution is -0.919. The molecule has 1 atom stereocenters. The zero-order chi connectivity index (χ0) is 22.0. The highest BCUT2D eigenvalue weighted by Gasteiger charge is 2.30. The molecule has 3 aromatic rings. The Balaban J connectivity index is 1.47. The number of aliphatic hydroxyl groups excluding tert-OH is 1. The number of piperazine rings is 1. The number of benzene rings is 2. The third-order valence-electron chi connectivity index (χ3n) is 6.06. The average Bonchev–Trinajstić information content (AvgIpc) is 3.23. The number of carbonyl (C=O) groups excluding carboxylic acids is 1. The van der Waals surface area contributed by atoms with Gasteiger partial charge in [-0.1, -0.05) is 12.1 Å². The van der Waals surface area contributed by atoms with Gasteiger partial charge in [0.1, 0.15) is 17.7 Å². The van der Waals surface area contributed by atoms with Crippen molar-refractivity contribution in [1.82, 2.24) is 9.97 Å². The zero-order valence-corrected chi connectivity index (χ0v) is 17.7. The summed E-state index contributed by atoms with van der Waals surface area (Å²) in [6.45, 7) is 6.84. The zero-order valence-electron chi connectivity index (χ0n) is 17.7. The van der Waals surface area contributed by atoms with E-state index in [1.165, 1.54) is 4.90 Å². The van der Waals surface area contributed by atoms with Gasteiger partial charge in [0.25, 0.3) is 0 Å². The van der Waals surface area contributed by atoms with Crippen LogP contribution in [0.1, 0.15) is 30.0 Å². The minimum absolute atomic E-state index is 0.0645. The number of nitrogens with one attached hydrogen (secondary N) is 2. The Morgan fingerprint density at radius 2 is 1.87 bits per heavy atom. The molecule has 7 heteroatoms. The van der Waals surface area contributed by atoms with E-state index in [0.29, 0.717) is 11.4 Å². The van der Waals surface area contributed by atoms with E-state index in [-0.39, 0.29) is 23.2 Å². The first-order chi connectivity index (χ1) is 15.0. The number of quaternary nitrogens is 1. The smallest absolute Gasteiger partial charge is 0.172 e. The summed E-state index contributed by atoms with van der Waals surface area (Å²) >= 11 is 0. The number of hydrogen-bond acceptors (Lipinski definition) is 5. The van der Waals surface area contributed by atoms with Crippen molar-refractivity contribution in [3.63, 3.8) is 0 Å². The number of ketones is 1. The highest BCUT2D eigenvalue weighted by Crippen LogP contribution is 2.20. The third-order valence-corrected chi connectivity index (χ3v) is 6.06. The van der Waals surface area contributed by atoms with Gasteiger partial charge >= 0.3 is 0 Å². The normalized spacial score (nSPS) is 16.6. The summed E-state index contributed by atoms with van der Waals surface area (Å²) in [7, 11) is 0. The number of aliphatic hydroxyl groups is 1. The predicted molar refractivity (Wildman–Crippen MR) is 120 cm³/mol. The fourth-order valence-electron chi connectivity index (χ4n) is 4.10. The van der Waals surface area contributed by atoms with Crippen molar-refractivity contribution in [3.05, 3.63) is 65.7 Å². The summed E-state index contributed by atoms with van der Waals surface area (Å²) in [6, 6.07) is 17.2. The second-order valence-electron chi connectivity index (χ2n) is 7.94. The minimum Gasteiger partial charge on any atom is -0.505 e. The fourth-order valence-corrected chi connectivity index (χ4v) is 4.10. The number of nitriles is 1. The second kappa shape index (κ2) is 8.62. The maximum atomic E-state index is 11.5. The van der Waals surface area contributed by atoms with Crippen LogP contribution in [0, 0.1) is 11.3 Å². The number of H-pyrrole nitrogens is 1. The SMILES string of the molecule is CC(=O)c1ccc(N2CC[NH+]([C@H](C)/C(O)=C(\C#N)c3nc4ccccc4[nH]3)CC2)cc1. The monoisotopic (exact) mass is 416 g/mol. The molecule has 2 aromatic carbocycles. The molecule has 0 aliphatic carbocycles. The van der Waals surface area contributed by atoms with Crippen LogP contribution in [-0.2, 0) is 0 Å². The molecule has 7 nitrogen and oxygen atoms in total. The molecule has 1 aliphatic heterocycles.